The average molecular weight is 273 g/mol. The number of hydrogen-bond donors (Lipinski definition) is 0. The number of pyridine rings is 1. The Morgan fingerprint density at radius 3 is 2.33 bits per heavy atom. The van der Waals surface area contributed by atoms with E-state index in [9.17, 15) is 9.59 Å². The lowest BCUT2D eigenvalue weighted by molar-refractivity contribution is 0.0980. The quantitative estimate of drug-likeness (QED) is 0.494. The zero-order valence-electron chi connectivity index (χ0n) is 11.4. The fourth-order valence-electron chi connectivity index (χ4n) is 2.88. The summed E-state index contributed by atoms with van der Waals surface area (Å²) in [6.45, 7) is 1.96. The zero-order chi connectivity index (χ0) is 14.6. The number of aromatic nitrogens is 1. The summed E-state index contributed by atoms with van der Waals surface area (Å²) in [4.78, 5) is 29.7. The van der Waals surface area contributed by atoms with Gasteiger partial charge in [-0.05, 0) is 19.1 Å². The van der Waals surface area contributed by atoms with E-state index < -0.39 is 0 Å². The molecule has 3 heteroatoms. The number of ketones is 2. The molecular formula is C18H11NO2. The van der Waals surface area contributed by atoms with E-state index >= 15 is 0 Å². The summed E-state index contributed by atoms with van der Waals surface area (Å²) in [5, 5.41) is 0.750. The molecule has 0 bridgehead atoms. The Kier molecular flexibility index (Phi) is 2.33. The highest BCUT2D eigenvalue weighted by Gasteiger charge is 2.31. The minimum Gasteiger partial charge on any atom is -0.289 e. The third kappa shape index (κ3) is 1.57. The lowest BCUT2D eigenvalue weighted by Gasteiger charge is -2.18. The number of hydrogen-bond acceptors (Lipinski definition) is 3. The van der Waals surface area contributed by atoms with Gasteiger partial charge in [0.1, 0.15) is 0 Å². The number of nitrogens with zero attached hydrogens (tertiary/aromatic N) is 1. The van der Waals surface area contributed by atoms with Gasteiger partial charge in [-0.25, -0.2) is 0 Å². The zero-order valence-corrected chi connectivity index (χ0v) is 11.4. The Morgan fingerprint density at radius 2 is 1.57 bits per heavy atom. The van der Waals surface area contributed by atoms with Crippen molar-refractivity contribution in [1.82, 2.24) is 4.98 Å². The molecule has 100 valence electrons. The fourth-order valence-corrected chi connectivity index (χ4v) is 2.88. The summed E-state index contributed by atoms with van der Waals surface area (Å²) in [6, 6.07) is 12.7. The topological polar surface area (TPSA) is 47.0 Å². The lowest BCUT2D eigenvalue weighted by Crippen LogP contribution is -2.21. The molecule has 0 atom stereocenters. The van der Waals surface area contributed by atoms with Gasteiger partial charge in [0, 0.05) is 28.3 Å². The lowest BCUT2D eigenvalue weighted by atomic mass is 9.83. The maximum atomic E-state index is 12.8. The van der Waals surface area contributed by atoms with Gasteiger partial charge in [0.15, 0.2) is 11.6 Å². The number of aryl methyl sites for hydroxylation is 1. The van der Waals surface area contributed by atoms with Crippen LogP contribution in [0.4, 0.5) is 0 Å². The van der Waals surface area contributed by atoms with Crippen LogP contribution in [-0.4, -0.2) is 16.6 Å². The highest BCUT2D eigenvalue weighted by atomic mass is 16.1. The average Bonchev–Trinajstić information content (AvgIpc) is 2.51. The van der Waals surface area contributed by atoms with Gasteiger partial charge >= 0.3 is 0 Å². The van der Waals surface area contributed by atoms with Gasteiger partial charge in [0.25, 0.3) is 0 Å². The van der Waals surface area contributed by atoms with Crippen LogP contribution in [0.15, 0.2) is 48.7 Å². The van der Waals surface area contributed by atoms with Gasteiger partial charge in [0.05, 0.1) is 11.1 Å². The molecule has 0 saturated carbocycles. The van der Waals surface area contributed by atoms with Crippen LogP contribution in [0, 0.1) is 6.92 Å². The smallest absolute Gasteiger partial charge is 0.196 e. The van der Waals surface area contributed by atoms with Crippen molar-refractivity contribution >= 4 is 22.5 Å². The molecule has 1 aromatic heterocycles. The minimum absolute atomic E-state index is 0.0989. The minimum atomic E-state index is -0.129. The van der Waals surface area contributed by atoms with Gasteiger partial charge in [-0.2, -0.15) is 0 Å². The molecule has 1 aliphatic carbocycles. The number of carbonyl (C=O) groups excluding carboxylic acids is 2. The van der Waals surface area contributed by atoms with Crippen molar-refractivity contribution in [2.45, 2.75) is 6.92 Å². The molecule has 4 rings (SSSR count). The molecule has 3 nitrogen and oxygen atoms in total. The molecule has 21 heavy (non-hydrogen) atoms. The number of benzene rings is 2. The predicted molar refractivity (Wildman–Crippen MR) is 79.8 cm³/mol. The van der Waals surface area contributed by atoms with Crippen LogP contribution in [0.3, 0.4) is 0 Å². The molecule has 0 radical (unpaired) electrons. The van der Waals surface area contributed by atoms with Crippen LogP contribution in [0.2, 0.25) is 0 Å². The molecule has 3 aromatic rings. The van der Waals surface area contributed by atoms with Crippen molar-refractivity contribution < 1.29 is 9.59 Å². The van der Waals surface area contributed by atoms with Crippen LogP contribution >= 0.6 is 0 Å². The largest absolute Gasteiger partial charge is 0.289 e. The Hall–Kier alpha value is -2.81. The van der Waals surface area contributed by atoms with E-state index in [2.05, 4.69) is 4.98 Å². The second kappa shape index (κ2) is 4.09. The van der Waals surface area contributed by atoms with Crippen molar-refractivity contribution in [3.05, 3.63) is 76.5 Å². The maximum Gasteiger partial charge on any atom is 0.196 e. The molecule has 0 aliphatic heterocycles. The monoisotopic (exact) mass is 273 g/mol. The van der Waals surface area contributed by atoms with Crippen LogP contribution in [0.1, 0.15) is 37.4 Å². The van der Waals surface area contributed by atoms with E-state index in [0.29, 0.717) is 22.3 Å². The summed E-state index contributed by atoms with van der Waals surface area (Å²) in [6.07, 6.45) is 1.52. The Bertz CT molecular complexity index is 941. The van der Waals surface area contributed by atoms with Crippen molar-refractivity contribution in [1.29, 1.82) is 0 Å². The molecule has 0 spiro atoms. The number of rotatable bonds is 0. The van der Waals surface area contributed by atoms with Crippen molar-refractivity contribution in [2.24, 2.45) is 0 Å². The van der Waals surface area contributed by atoms with E-state index in [1.54, 1.807) is 24.3 Å². The highest BCUT2D eigenvalue weighted by molar-refractivity contribution is 6.31. The molecule has 0 fully saturated rings. The summed E-state index contributed by atoms with van der Waals surface area (Å²) in [7, 11) is 0. The normalized spacial score (nSPS) is 13.2. The first-order valence-corrected chi connectivity index (χ1v) is 6.74. The third-order valence-electron chi connectivity index (χ3n) is 3.91. The van der Waals surface area contributed by atoms with Gasteiger partial charge in [-0.15, -0.1) is 0 Å². The van der Waals surface area contributed by atoms with Crippen LogP contribution < -0.4 is 0 Å². The summed E-state index contributed by atoms with van der Waals surface area (Å²) in [5.74, 6) is -0.227. The fraction of sp³-hybridized carbons (Fsp3) is 0.0556. The number of fused-ring (bicyclic) bond motifs is 4. The molecule has 0 amide bonds. The molecule has 1 aliphatic rings. The Morgan fingerprint density at radius 1 is 0.857 bits per heavy atom. The second-order valence-corrected chi connectivity index (χ2v) is 5.27. The van der Waals surface area contributed by atoms with Gasteiger partial charge < -0.3 is 0 Å². The molecule has 0 saturated heterocycles. The van der Waals surface area contributed by atoms with Gasteiger partial charge in [0.2, 0.25) is 0 Å². The molecule has 0 N–H and O–H groups in total. The predicted octanol–water partition coefficient (Wildman–Crippen LogP) is 3.32. The molecule has 1 heterocycles. The first-order chi connectivity index (χ1) is 10.2. The Balaban J connectivity index is 2.13. The van der Waals surface area contributed by atoms with Crippen LogP contribution in [0.5, 0.6) is 0 Å². The van der Waals surface area contributed by atoms with Crippen molar-refractivity contribution in [3.63, 3.8) is 0 Å². The molecule has 0 unspecified atom stereocenters. The van der Waals surface area contributed by atoms with Crippen molar-refractivity contribution in [3.8, 4) is 0 Å². The number of carbonyl (C=O) groups is 2. The van der Waals surface area contributed by atoms with E-state index in [4.69, 9.17) is 0 Å². The standard InChI is InChI=1S/C18H11NO2/c1-10-6-7-15-13(8-10)16-14(9-19-15)17(20)11-4-2-3-5-12(11)18(16)21/h2-9H,1H3. The van der Waals surface area contributed by atoms with Crippen molar-refractivity contribution in [2.75, 3.05) is 0 Å². The highest BCUT2D eigenvalue weighted by Crippen LogP contribution is 2.31. The third-order valence-corrected chi connectivity index (χ3v) is 3.91. The van der Waals surface area contributed by atoms with E-state index in [0.717, 1.165) is 16.5 Å². The summed E-state index contributed by atoms with van der Waals surface area (Å²) >= 11 is 0. The van der Waals surface area contributed by atoms with E-state index in [1.165, 1.54) is 6.20 Å². The van der Waals surface area contributed by atoms with E-state index in [1.807, 2.05) is 25.1 Å². The van der Waals surface area contributed by atoms with Gasteiger partial charge in [-0.1, -0.05) is 35.9 Å². The van der Waals surface area contributed by atoms with Gasteiger partial charge in [-0.3, -0.25) is 14.6 Å². The first-order valence-electron chi connectivity index (χ1n) is 6.74. The second-order valence-electron chi connectivity index (χ2n) is 5.27. The van der Waals surface area contributed by atoms with E-state index in [-0.39, 0.29) is 11.6 Å². The first kappa shape index (κ1) is 12.0. The molecular weight excluding hydrogens is 262 g/mol. The Labute approximate surface area is 121 Å². The van der Waals surface area contributed by atoms with Crippen LogP contribution in [-0.2, 0) is 0 Å². The summed E-state index contributed by atoms with van der Waals surface area (Å²) < 4.78 is 0. The molecule has 2 aromatic carbocycles. The SMILES string of the molecule is Cc1ccc2ncc3c(c2c1)C(=O)c1ccccc1C3=O. The van der Waals surface area contributed by atoms with Crippen LogP contribution in [0.25, 0.3) is 10.9 Å². The summed E-state index contributed by atoms with van der Waals surface area (Å²) in [5.41, 5.74) is 3.59. The maximum absolute atomic E-state index is 12.8.